The van der Waals surface area contributed by atoms with Gasteiger partial charge in [-0.05, 0) is 36.6 Å². The number of nitrogens with one attached hydrogen (secondary N) is 1. The molecule has 0 saturated carbocycles. The van der Waals surface area contributed by atoms with E-state index in [4.69, 9.17) is 10.5 Å². The van der Waals surface area contributed by atoms with E-state index in [9.17, 15) is 4.79 Å². The summed E-state index contributed by atoms with van der Waals surface area (Å²) < 4.78 is 5.31. The molecular formula is C21H20N4O2. The summed E-state index contributed by atoms with van der Waals surface area (Å²) in [7, 11) is 0. The third-order valence-electron chi connectivity index (χ3n) is 4.54. The first-order valence-corrected chi connectivity index (χ1v) is 8.92. The number of nitrogens with two attached hydrogens (primary N) is 1. The number of aromatic amines is 1. The number of nitrogen functional groups attached to an aromatic ring is 1. The topological polar surface area (TPSA) is 93.9 Å². The van der Waals surface area contributed by atoms with E-state index >= 15 is 0 Å². The van der Waals surface area contributed by atoms with E-state index in [-0.39, 0.29) is 12.6 Å². The largest absolute Gasteiger partial charge is 0.457 e. The summed E-state index contributed by atoms with van der Waals surface area (Å²) in [6, 6.07) is 15.6. The number of para-hydroxylation sites is 2. The lowest BCUT2D eigenvalue weighted by Gasteiger charge is -2.07. The zero-order valence-electron chi connectivity index (χ0n) is 14.8. The molecule has 2 aromatic heterocycles. The Morgan fingerprint density at radius 2 is 1.81 bits per heavy atom. The maximum Gasteiger partial charge on any atom is 0.306 e. The number of benzene rings is 2. The number of hydrogen-bond acceptors (Lipinski definition) is 5. The first-order valence-electron chi connectivity index (χ1n) is 8.92. The highest BCUT2D eigenvalue weighted by Crippen LogP contribution is 2.20. The second-order valence-electron chi connectivity index (χ2n) is 6.42. The Labute approximate surface area is 156 Å². The van der Waals surface area contributed by atoms with Crippen molar-refractivity contribution in [2.75, 3.05) is 5.73 Å². The molecular weight excluding hydrogens is 340 g/mol. The van der Waals surface area contributed by atoms with E-state index in [0.29, 0.717) is 18.1 Å². The molecule has 6 nitrogen and oxygen atoms in total. The minimum atomic E-state index is -0.259. The normalized spacial score (nSPS) is 11.1. The smallest absolute Gasteiger partial charge is 0.306 e. The molecule has 0 aliphatic heterocycles. The molecule has 0 spiro atoms. The Kier molecular flexibility index (Phi) is 4.70. The van der Waals surface area contributed by atoms with Crippen LogP contribution in [0.5, 0.6) is 0 Å². The molecule has 0 aliphatic carbocycles. The highest BCUT2D eigenvalue weighted by atomic mass is 16.5. The lowest BCUT2D eigenvalue weighted by molar-refractivity contribution is -0.145. The van der Waals surface area contributed by atoms with E-state index in [0.717, 1.165) is 29.3 Å². The number of nitrogens with zero attached hydrogens (tertiary/aromatic N) is 2. The molecule has 0 aliphatic rings. The summed E-state index contributed by atoms with van der Waals surface area (Å²) in [5.74, 6) is 0.548. The summed E-state index contributed by atoms with van der Waals surface area (Å²) in [6.45, 7) is 0.0287. The van der Waals surface area contributed by atoms with Crippen molar-refractivity contribution in [3.63, 3.8) is 0 Å². The number of carbonyl (C=O) groups excluding carboxylic acids is 1. The van der Waals surface area contributed by atoms with Gasteiger partial charge in [-0.25, -0.2) is 9.97 Å². The fraction of sp³-hybridized carbons (Fsp3) is 0.190. The number of aryl methyl sites for hydroxylation is 1. The van der Waals surface area contributed by atoms with Crippen LogP contribution in [0.4, 0.5) is 5.82 Å². The van der Waals surface area contributed by atoms with Gasteiger partial charge < -0.3 is 15.5 Å². The number of H-pyrrole nitrogens is 1. The fourth-order valence-electron chi connectivity index (χ4n) is 3.19. The highest BCUT2D eigenvalue weighted by molar-refractivity contribution is 5.87. The fourth-order valence-corrected chi connectivity index (χ4v) is 3.19. The summed E-state index contributed by atoms with van der Waals surface area (Å²) in [6.07, 6.45) is 3.89. The van der Waals surface area contributed by atoms with Crippen LogP contribution in [0, 0.1) is 0 Å². The lowest BCUT2D eigenvalue weighted by atomic mass is 10.1. The van der Waals surface area contributed by atoms with E-state index in [2.05, 4.69) is 21.0 Å². The molecule has 2 heterocycles. The Hall–Kier alpha value is -3.41. The van der Waals surface area contributed by atoms with Crippen LogP contribution in [0.2, 0.25) is 0 Å². The summed E-state index contributed by atoms with van der Waals surface area (Å²) in [5, 5.41) is 2.00. The molecule has 0 atom stereocenters. The van der Waals surface area contributed by atoms with Gasteiger partial charge in [0.25, 0.3) is 0 Å². The Bertz CT molecular complexity index is 1100. The molecule has 0 bridgehead atoms. The van der Waals surface area contributed by atoms with Crippen LogP contribution in [0.1, 0.15) is 24.2 Å². The molecule has 6 heteroatoms. The van der Waals surface area contributed by atoms with Crippen molar-refractivity contribution in [3.8, 4) is 0 Å². The third-order valence-corrected chi connectivity index (χ3v) is 4.54. The number of rotatable bonds is 6. The van der Waals surface area contributed by atoms with Crippen molar-refractivity contribution >= 4 is 33.6 Å². The van der Waals surface area contributed by atoms with Crippen LogP contribution in [0.25, 0.3) is 21.8 Å². The molecule has 4 rings (SSSR count). The lowest BCUT2D eigenvalue weighted by Crippen LogP contribution is -2.08. The molecule has 0 saturated heterocycles. The molecule has 0 unspecified atom stereocenters. The summed E-state index contributed by atoms with van der Waals surface area (Å²) in [5.41, 5.74) is 9.02. The second kappa shape index (κ2) is 7.45. The molecule has 27 heavy (non-hydrogen) atoms. The molecule has 3 N–H and O–H groups in total. The SMILES string of the molecule is Nc1nc(COC(=O)CCCc2c[nH]c3ccccc23)nc2ccccc12. The standard InChI is InChI=1S/C21H20N4O2/c22-21-16-8-2-4-10-18(16)24-19(25-21)13-27-20(26)11-5-6-14-12-23-17-9-3-1-7-15(14)17/h1-4,7-10,12,23H,5-6,11,13H2,(H2,22,24,25). The van der Waals surface area contributed by atoms with E-state index < -0.39 is 0 Å². The van der Waals surface area contributed by atoms with Gasteiger partial charge in [0.05, 0.1) is 5.52 Å². The first kappa shape index (κ1) is 17.0. The zero-order valence-corrected chi connectivity index (χ0v) is 14.8. The number of esters is 1. The van der Waals surface area contributed by atoms with Gasteiger partial charge in [0.1, 0.15) is 5.82 Å². The van der Waals surface area contributed by atoms with Crippen LogP contribution in [0.3, 0.4) is 0 Å². The van der Waals surface area contributed by atoms with Crippen molar-refractivity contribution in [2.24, 2.45) is 0 Å². The van der Waals surface area contributed by atoms with Crippen LogP contribution in [0.15, 0.2) is 54.7 Å². The number of anilines is 1. The van der Waals surface area contributed by atoms with E-state index in [1.165, 1.54) is 10.9 Å². The Balaban J connectivity index is 1.31. The number of hydrogen-bond donors (Lipinski definition) is 2. The predicted molar refractivity (Wildman–Crippen MR) is 105 cm³/mol. The van der Waals surface area contributed by atoms with Gasteiger partial charge in [0.15, 0.2) is 12.4 Å². The molecule has 0 radical (unpaired) electrons. The van der Waals surface area contributed by atoms with Crippen LogP contribution in [-0.4, -0.2) is 20.9 Å². The molecule has 4 aromatic rings. The van der Waals surface area contributed by atoms with Crippen LogP contribution in [-0.2, 0) is 22.6 Å². The molecule has 136 valence electrons. The van der Waals surface area contributed by atoms with E-state index in [1.54, 1.807) is 0 Å². The minimum Gasteiger partial charge on any atom is -0.457 e. The third kappa shape index (κ3) is 3.74. The van der Waals surface area contributed by atoms with Crippen molar-refractivity contribution in [3.05, 3.63) is 66.1 Å². The number of fused-ring (bicyclic) bond motifs is 2. The number of aromatic nitrogens is 3. The predicted octanol–water partition coefficient (Wildman–Crippen LogP) is 3.76. The monoisotopic (exact) mass is 360 g/mol. The van der Waals surface area contributed by atoms with Gasteiger partial charge in [-0.1, -0.05) is 30.3 Å². The summed E-state index contributed by atoms with van der Waals surface area (Å²) in [4.78, 5) is 23.9. The average Bonchev–Trinajstić information content (AvgIpc) is 3.10. The molecule has 0 fully saturated rings. The number of ether oxygens (including phenoxy) is 1. The van der Waals surface area contributed by atoms with Crippen molar-refractivity contribution in [1.29, 1.82) is 0 Å². The second-order valence-corrected chi connectivity index (χ2v) is 6.42. The summed E-state index contributed by atoms with van der Waals surface area (Å²) >= 11 is 0. The Morgan fingerprint density at radius 3 is 2.70 bits per heavy atom. The van der Waals surface area contributed by atoms with Gasteiger partial charge in [0, 0.05) is 28.9 Å². The molecule has 0 amide bonds. The van der Waals surface area contributed by atoms with Crippen molar-refractivity contribution in [1.82, 2.24) is 15.0 Å². The van der Waals surface area contributed by atoms with Crippen molar-refractivity contribution in [2.45, 2.75) is 25.9 Å². The Morgan fingerprint density at radius 1 is 1.04 bits per heavy atom. The first-order chi connectivity index (χ1) is 13.2. The maximum atomic E-state index is 12.0. The van der Waals surface area contributed by atoms with Gasteiger partial charge in [-0.3, -0.25) is 4.79 Å². The van der Waals surface area contributed by atoms with Crippen molar-refractivity contribution < 1.29 is 9.53 Å². The highest BCUT2D eigenvalue weighted by Gasteiger charge is 2.09. The maximum absolute atomic E-state index is 12.0. The van der Waals surface area contributed by atoms with Gasteiger partial charge in [0.2, 0.25) is 0 Å². The minimum absolute atomic E-state index is 0.0287. The van der Waals surface area contributed by atoms with Crippen LogP contribution < -0.4 is 5.73 Å². The van der Waals surface area contributed by atoms with Gasteiger partial charge in [-0.2, -0.15) is 0 Å². The average molecular weight is 360 g/mol. The zero-order chi connectivity index (χ0) is 18.6. The van der Waals surface area contributed by atoms with E-state index in [1.807, 2.05) is 48.7 Å². The quantitative estimate of drug-likeness (QED) is 0.511. The molecule has 2 aromatic carbocycles. The van der Waals surface area contributed by atoms with Gasteiger partial charge in [-0.15, -0.1) is 0 Å². The van der Waals surface area contributed by atoms with Crippen LogP contribution >= 0.6 is 0 Å². The number of carbonyl (C=O) groups is 1. The van der Waals surface area contributed by atoms with Gasteiger partial charge >= 0.3 is 5.97 Å².